The van der Waals surface area contributed by atoms with Gasteiger partial charge in [0.2, 0.25) is 5.72 Å². The summed E-state index contributed by atoms with van der Waals surface area (Å²) in [5, 5.41) is 0. The summed E-state index contributed by atoms with van der Waals surface area (Å²) < 4.78 is 23.3. The lowest BCUT2D eigenvalue weighted by atomic mass is 9.97. The Morgan fingerprint density at radius 2 is 1.27 bits per heavy atom. The van der Waals surface area contributed by atoms with Crippen LogP contribution in [0.3, 0.4) is 0 Å². The SMILES string of the molecule is CCCCCCCCCCCCCCCCCCC12OP(=O)([O-])OC1CC[N+]2(C)C. The van der Waals surface area contributed by atoms with Crippen LogP contribution in [0.5, 0.6) is 0 Å². The van der Waals surface area contributed by atoms with Gasteiger partial charge in [-0.1, -0.05) is 103 Å². The van der Waals surface area contributed by atoms with Crippen molar-refractivity contribution in [2.45, 2.75) is 134 Å². The summed E-state index contributed by atoms with van der Waals surface area (Å²) in [6.45, 7) is 3.18. The van der Waals surface area contributed by atoms with E-state index in [1.54, 1.807) is 0 Å². The number of phosphoric acid groups is 1. The average Bonchev–Trinajstić information content (AvgIpc) is 3.09. The summed E-state index contributed by atoms with van der Waals surface area (Å²) in [7, 11) is 0.0182. The molecule has 3 unspecified atom stereocenters. The van der Waals surface area contributed by atoms with Crippen molar-refractivity contribution in [3.05, 3.63) is 0 Å². The van der Waals surface area contributed by atoms with Crippen molar-refractivity contribution >= 4 is 7.82 Å². The first-order valence-electron chi connectivity index (χ1n) is 12.9. The molecule has 0 aromatic rings. The monoisotopic (exact) mass is 445 g/mol. The highest BCUT2D eigenvalue weighted by Crippen LogP contribution is 2.61. The number of nitrogens with zero attached hydrogens (tertiary/aromatic N) is 1. The summed E-state index contributed by atoms with van der Waals surface area (Å²) in [5.74, 6) is 0. The van der Waals surface area contributed by atoms with Crippen LogP contribution in [0.4, 0.5) is 0 Å². The maximum atomic E-state index is 11.9. The summed E-state index contributed by atoms with van der Waals surface area (Å²) in [4.78, 5) is 11.9. The molecule has 2 fully saturated rings. The second kappa shape index (κ2) is 12.9. The number of fused-ring (bicyclic) bond motifs is 1. The van der Waals surface area contributed by atoms with E-state index in [-0.39, 0.29) is 6.10 Å². The van der Waals surface area contributed by atoms with Crippen LogP contribution in [0.1, 0.15) is 122 Å². The predicted octanol–water partition coefficient (Wildman–Crippen LogP) is 6.70. The molecule has 2 aliphatic rings. The molecule has 3 atom stereocenters. The molecule has 0 bridgehead atoms. The van der Waals surface area contributed by atoms with Crippen LogP contribution in [0.2, 0.25) is 0 Å². The van der Waals surface area contributed by atoms with Crippen LogP contribution < -0.4 is 4.89 Å². The number of phosphoric ester groups is 1. The van der Waals surface area contributed by atoms with Crippen LogP contribution in [-0.2, 0) is 13.6 Å². The first kappa shape index (κ1) is 26.3. The Labute approximate surface area is 186 Å². The van der Waals surface area contributed by atoms with E-state index in [4.69, 9.17) is 9.05 Å². The third-order valence-corrected chi connectivity index (χ3v) is 8.45. The fraction of sp³-hybridized carbons (Fsp3) is 1.00. The molecule has 0 aromatic heterocycles. The van der Waals surface area contributed by atoms with E-state index in [2.05, 4.69) is 21.0 Å². The van der Waals surface area contributed by atoms with E-state index in [1.165, 1.54) is 89.9 Å². The highest BCUT2D eigenvalue weighted by atomic mass is 31.2. The summed E-state index contributed by atoms with van der Waals surface area (Å²) in [5.41, 5.74) is -0.687. The molecule has 2 saturated heterocycles. The largest absolute Gasteiger partial charge is 0.756 e. The molecule has 0 aliphatic carbocycles. The van der Waals surface area contributed by atoms with E-state index < -0.39 is 13.5 Å². The van der Waals surface area contributed by atoms with Gasteiger partial charge in [-0.2, -0.15) is 0 Å². The number of quaternary nitrogens is 1. The van der Waals surface area contributed by atoms with Gasteiger partial charge in [-0.15, -0.1) is 0 Å². The molecular formula is C24H48NO4P. The van der Waals surface area contributed by atoms with Gasteiger partial charge in [0.05, 0.1) is 20.6 Å². The Morgan fingerprint density at radius 1 is 0.833 bits per heavy atom. The minimum atomic E-state index is -4.12. The third kappa shape index (κ3) is 7.89. The molecule has 5 nitrogen and oxygen atoms in total. The average molecular weight is 446 g/mol. The number of hydrogen-bond acceptors (Lipinski definition) is 4. The fourth-order valence-corrected chi connectivity index (χ4v) is 6.80. The molecule has 0 aromatic carbocycles. The zero-order chi connectivity index (χ0) is 21.9. The van der Waals surface area contributed by atoms with E-state index in [0.717, 1.165) is 32.2 Å². The van der Waals surface area contributed by atoms with Gasteiger partial charge in [0, 0.05) is 12.8 Å². The van der Waals surface area contributed by atoms with Crippen LogP contribution in [0, 0.1) is 0 Å². The highest BCUT2D eigenvalue weighted by Gasteiger charge is 2.65. The maximum absolute atomic E-state index is 11.9. The van der Waals surface area contributed by atoms with Gasteiger partial charge in [0.25, 0.3) is 7.82 Å². The van der Waals surface area contributed by atoms with Crippen molar-refractivity contribution in [1.29, 1.82) is 0 Å². The second-order valence-corrected chi connectivity index (χ2v) is 11.5. The number of likely N-dealkylation sites (tertiary alicyclic amines) is 1. The Kier molecular flexibility index (Phi) is 11.4. The Bertz CT molecular complexity index is 527. The molecule has 0 spiro atoms. The van der Waals surface area contributed by atoms with Crippen molar-refractivity contribution in [2.75, 3.05) is 20.6 Å². The minimum Gasteiger partial charge on any atom is -0.756 e. The third-order valence-electron chi connectivity index (χ3n) is 7.39. The number of unbranched alkanes of at least 4 members (excludes halogenated alkanes) is 15. The van der Waals surface area contributed by atoms with E-state index >= 15 is 0 Å². The Morgan fingerprint density at radius 3 is 1.73 bits per heavy atom. The second-order valence-electron chi connectivity index (χ2n) is 10.2. The first-order valence-corrected chi connectivity index (χ1v) is 14.3. The van der Waals surface area contributed by atoms with Gasteiger partial charge >= 0.3 is 0 Å². The molecule has 2 rings (SSSR count). The number of likely N-dealkylation sites (N-methyl/N-ethyl adjacent to an activating group) is 1. The zero-order valence-electron chi connectivity index (χ0n) is 20.0. The van der Waals surface area contributed by atoms with Crippen LogP contribution >= 0.6 is 7.82 Å². The molecule has 0 radical (unpaired) electrons. The van der Waals surface area contributed by atoms with Crippen molar-refractivity contribution in [2.24, 2.45) is 0 Å². The number of hydrogen-bond donors (Lipinski definition) is 0. The fourth-order valence-electron chi connectivity index (χ4n) is 5.36. The molecule has 2 heterocycles. The molecule has 2 aliphatic heterocycles. The van der Waals surface area contributed by atoms with Gasteiger partial charge in [0.1, 0.15) is 0 Å². The molecule has 30 heavy (non-hydrogen) atoms. The normalized spacial score (nSPS) is 30.1. The molecule has 6 heteroatoms. The Balaban J connectivity index is 1.44. The van der Waals surface area contributed by atoms with Crippen LogP contribution in [-0.4, -0.2) is 37.0 Å². The molecular weight excluding hydrogens is 397 g/mol. The molecule has 0 N–H and O–H groups in total. The predicted molar refractivity (Wildman–Crippen MR) is 122 cm³/mol. The smallest absolute Gasteiger partial charge is 0.273 e. The van der Waals surface area contributed by atoms with Gasteiger partial charge in [-0.25, -0.2) is 0 Å². The van der Waals surface area contributed by atoms with Crippen molar-refractivity contribution in [3.63, 3.8) is 0 Å². The molecule has 178 valence electrons. The topological polar surface area (TPSA) is 58.6 Å². The highest BCUT2D eigenvalue weighted by molar-refractivity contribution is 7.46. The first-order chi connectivity index (χ1) is 14.3. The van der Waals surface area contributed by atoms with Crippen LogP contribution in [0.15, 0.2) is 0 Å². The van der Waals surface area contributed by atoms with Gasteiger partial charge in [-0.05, 0) is 6.42 Å². The standard InChI is InChI=1S/C24H48NO4P/c1-4-5-6-7-8-9-10-11-12-13-14-15-16-17-18-19-21-24-23(20-22-25(24,2)3)28-30(26,27)29-24/h23H,4-22H2,1-3H3. The minimum absolute atomic E-state index is 0.299. The lowest BCUT2D eigenvalue weighted by molar-refractivity contribution is -0.950. The Hall–Kier alpha value is 0.0700. The lowest BCUT2D eigenvalue weighted by Crippen LogP contribution is -2.58. The van der Waals surface area contributed by atoms with Crippen molar-refractivity contribution in [3.8, 4) is 0 Å². The van der Waals surface area contributed by atoms with Gasteiger partial charge < -0.3 is 9.42 Å². The van der Waals surface area contributed by atoms with Crippen molar-refractivity contribution < 1.29 is 23.0 Å². The van der Waals surface area contributed by atoms with Crippen LogP contribution in [0.25, 0.3) is 0 Å². The van der Waals surface area contributed by atoms with Crippen molar-refractivity contribution in [1.82, 2.24) is 0 Å². The summed E-state index contributed by atoms with van der Waals surface area (Å²) in [6.07, 6.45) is 22.7. The maximum Gasteiger partial charge on any atom is 0.273 e. The van der Waals surface area contributed by atoms with Gasteiger partial charge in [-0.3, -0.25) is 13.6 Å². The molecule has 0 amide bonds. The zero-order valence-corrected chi connectivity index (χ0v) is 20.9. The quantitative estimate of drug-likeness (QED) is 0.142. The summed E-state index contributed by atoms with van der Waals surface area (Å²) >= 11 is 0. The molecule has 0 saturated carbocycles. The summed E-state index contributed by atoms with van der Waals surface area (Å²) in [6, 6.07) is 0. The lowest BCUT2D eigenvalue weighted by Gasteiger charge is -2.41. The number of rotatable bonds is 17. The van der Waals surface area contributed by atoms with Gasteiger partial charge in [0.15, 0.2) is 6.10 Å². The van der Waals surface area contributed by atoms with E-state index in [9.17, 15) is 9.46 Å². The van der Waals surface area contributed by atoms with E-state index in [1.807, 2.05) is 0 Å². The van der Waals surface area contributed by atoms with E-state index in [0.29, 0.717) is 4.48 Å².